The third kappa shape index (κ3) is 5.82. The zero-order valence-corrected chi connectivity index (χ0v) is 23.6. The normalized spacial score (nSPS) is 21.7. The van der Waals surface area contributed by atoms with Crippen LogP contribution < -0.4 is 20.4 Å². The average Bonchev–Trinajstić information content (AvgIpc) is 3.37. The van der Waals surface area contributed by atoms with Crippen molar-refractivity contribution in [3.63, 3.8) is 0 Å². The van der Waals surface area contributed by atoms with E-state index in [4.69, 9.17) is 4.42 Å². The van der Waals surface area contributed by atoms with Gasteiger partial charge >= 0.3 is 6.18 Å². The molecule has 0 bridgehead atoms. The summed E-state index contributed by atoms with van der Waals surface area (Å²) >= 11 is 0. The van der Waals surface area contributed by atoms with Crippen LogP contribution in [0.3, 0.4) is 0 Å². The fourth-order valence-electron chi connectivity index (χ4n) is 6.07. The number of aryl methyl sites for hydroxylation is 1. The number of aromatic nitrogens is 1. The van der Waals surface area contributed by atoms with E-state index in [9.17, 15) is 22.8 Å². The molecule has 2 amide bonds. The van der Waals surface area contributed by atoms with Crippen molar-refractivity contribution in [3.05, 3.63) is 65.0 Å². The van der Waals surface area contributed by atoms with Crippen LogP contribution in [-0.4, -0.2) is 43.0 Å². The third-order valence-electron chi connectivity index (χ3n) is 8.46. The Labute approximate surface area is 242 Å². The molecular weight excluding hydrogens is 547 g/mol. The Hall–Kier alpha value is -4.02. The van der Waals surface area contributed by atoms with E-state index < -0.39 is 23.5 Å². The summed E-state index contributed by atoms with van der Waals surface area (Å²) in [6.07, 6.45) is -1.46. The molecule has 3 unspecified atom stereocenters. The minimum atomic E-state index is -4.83. The van der Waals surface area contributed by atoms with Gasteiger partial charge in [0.25, 0.3) is 11.9 Å². The van der Waals surface area contributed by atoms with Gasteiger partial charge in [0.1, 0.15) is 0 Å². The molecule has 2 N–H and O–H groups in total. The van der Waals surface area contributed by atoms with Crippen LogP contribution in [-0.2, 0) is 17.4 Å². The number of amides is 2. The molecule has 0 radical (unpaired) electrons. The van der Waals surface area contributed by atoms with Gasteiger partial charge < -0.3 is 24.9 Å². The van der Waals surface area contributed by atoms with Crippen LogP contribution in [0.1, 0.15) is 53.6 Å². The Morgan fingerprint density at radius 3 is 2.69 bits per heavy atom. The minimum absolute atomic E-state index is 0.0324. The van der Waals surface area contributed by atoms with Crippen molar-refractivity contribution in [3.8, 4) is 0 Å². The first kappa shape index (κ1) is 28.1. The second kappa shape index (κ2) is 11.0. The first-order valence-electron chi connectivity index (χ1n) is 14.5. The van der Waals surface area contributed by atoms with E-state index in [-0.39, 0.29) is 23.8 Å². The number of hydrogen-bond donors (Lipinski definition) is 2. The molecule has 1 saturated heterocycles. The molecule has 3 heterocycles. The van der Waals surface area contributed by atoms with Gasteiger partial charge in [-0.25, -0.2) is 0 Å². The van der Waals surface area contributed by atoms with E-state index in [1.807, 2.05) is 44.2 Å². The first-order chi connectivity index (χ1) is 20.1. The number of fused-ring (bicyclic) bond motifs is 1. The van der Waals surface area contributed by atoms with Gasteiger partial charge in [-0.1, -0.05) is 25.1 Å². The Morgan fingerprint density at radius 1 is 1.12 bits per heavy atom. The quantitative estimate of drug-likeness (QED) is 0.349. The van der Waals surface area contributed by atoms with Crippen LogP contribution in [0.5, 0.6) is 0 Å². The predicted octanol–water partition coefficient (Wildman–Crippen LogP) is 6.13. The lowest BCUT2D eigenvalue weighted by molar-refractivity contribution is -0.141. The van der Waals surface area contributed by atoms with Crippen molar-refractivity contribution in [2.75, 3.05) is 46.6 Å². The fraction of sp³-hybridized carbons (Fsp3) is 0.452. The van der Waals surface area contributed by atoms with Crippen LogP contribution in [0.25, 0.3) is 0 Å². The second-order valence-electron chi connectivity index (χ2n) is 11.8. The number of halogens is 3. The number of para-hydroxylation sites is 1. The van der Waals surface area contributed by atoms with Crippen molar-refractivity contribution in [2.24, 2.45) is 17.8 Å². The summed E-state index contributed by atoms with van der Waals surface area (Å²) in [6, 6.07) is 12.9. The summed E-state index contributed by atoms with van der Waals surface area (Å²) in [6.45, 7) is 6.56. The number of hydrogen-bond acceptors (Lipinski definition) is 6. The largest absolute Gasteiger partial charge is 0.437 e. The van der Waals surface area contributed by atoms with Crippen LogP contribution in [0.4, 0.5) is 36.2 Å². The van der Waals surface area contributed by atoms with Gasteiger partial charge in [-0.2, -0.15) is 18.2 Å². The highest BCUT2D eigenvalue weighted by Gasteiger charge is 2.45. The summed E-state index contributed by atoms with van der Waals surface area (Å²) in [4.78, 5) is 33.3. The first-order valence-corrected chi connectivity index (χ1v) is 14.5. The van der Waals surface area contributed by atoms with Gasteiger partial charge in [0.05, 0.1) is 0 Å². The highest BCUT2D eigenvalue weighted by Crippen LogP contribution is 2.43. The molecule has 222 valence electrons. The second-order valence-corrected chi connectivity index (χ2v) is 11.8. The molecule has 11 heteroatoms. The monoisotopic (exact) mass is 581 g/mol. The van der Waals surface area contributed by atoms with Crippen molar-refractivity contribution in [1.29, 1.82) is 0 Å². The zero-order chi connectivity index (χ0) is 29.6. The lowest BCUT2D eigenvalue weighted by Crippen LogP contribution is -2.34. The number of carbonyl (C=O) groups is 2. The number of anilines is 4. The molecule has 42 heavy (non-hydrogen) atoms. The molecule has 1 aromatic heterocycles. The average molecular weight is 582 g/mol. The summed E-state index contributed by atoms with van der Waals surface area (Å²) in [7, 11) is 0. The van der Waals surface area contributed by atoms with Crippen LogP contribution in [0, 0.1) is 24.7 Å². The number of benzene rings is 2. The van der Waals surface area contributed by atoms with E-state index in [0.717, 1.165) is 61.3 Å². The zero-order valence-electron chi connectivity index (χ0n) is 23.6. The standard InChI is InChI=1S/C31H34F3N5O3/c1-18-6-5-12-39(16-18)30-37-27(31(32,33)34)26(42-30)29(41)35-22-9-10-25-20(14-22)11-13-38(25)17-21-15-23(21)28(40)36-24-8-4-3-7-19(24)2/h3-4,7-10,14,18,21,23H,5-6,11-13,15-17H2,1-2H3,(H,35,41)(H,36,40). The Balaban J connectivity index is 1.10. The number of carbonyl (C=O) groups excluding carboxylic acids is 2. The molecule has 2 aromatic carbocycles. The maximum absolute atomic E-state index is 13.8. The summed E-state index contributed by atoms with van der Waals surface area (Å²) in [5, 5.41) is 5.62. The molecule has 3 aromatic rings. The molecular formula is C31H34F3N5O3. The van der Waals surface area contributed by atoms with Gasteiger partial charge in [-0.3, -0.25) is 9.59 Å². The summed E-state index contributed by atoms with van der Waals surface area (Å²) in [5.74, 6) is -1.26. The molecule has 1 saturated carbocycles. The van der Waals surface area contributed by atoms with Gasteiger partial charge in [-0.15, -0.1) is 0 Å². The molecule has 3 atom stereocenters. The maximum atomic E-state index is 13.8. The SMILES string of the molecule is Cc1ccccc1NC(=O)C1CC1CN1CCc2cc(NC(=O)c3oc(N4CCCC(C)C4)nc3C(F)(F)F)ccc21. The molecule has 8 nitrogen and oxygen atoms in total. The molecule has 3 aliphatic rings. The van der Waals surface area contributed by atoms with Gasteiger partial charge in [0, 0.05) is 49.2 Å². The van der Waals surface area contributed by atoms with Crippen molar-refractivity contribution in [2.45, 2.75) is 45.7 Å². The van der Waals surface area contributed by atoms with E-state index in [1.165, 1.54) is 0 Å². The predicted molar refractivity (Wildman–Crippen MR) is 154 cm³/mol. The highest BCUT2D eigenvalue weighted by atomic mass is 19.4. The van der Waals surface area contributed by atoms with Crippen molar-refractivity contribution < 1.29 is 27.2 Å². The molecule has 6 rings (SSSR count). The Kier molecular flexibility index (Phi) is 7.36. The van der Waals surface area contributed by atoms with E-state index in [1.54, 1.807) is 17.0 Å². The minimum Gasteiger partial charge on any atom is -0.417 e. The molecule has 0 spiro atoms. The number of nitrogens with one attached hydrogen (secondary N) is 2. The number of piperidine rings is 1. The fourth-order valence-corrected chi connectivity index (χ4v) is 6.07. The molecule has 1 aliphatic carbocycles. The van der Waals surface area contributed by atoms with Crippen LogP contribution in [0.2, 0.25) is 0 Å². The van der Waals surface area contributed by atoms with E-state index in [2.05, 4.69) is 20.5 Å². The van der Waals surface area contributed by atoms with Crippen molar-refractivity contribution in [1.82, 2.24) is 4.98 Å². The third-order valence-corrected chi connectivity index (χ3v) is 8.46. The number of oxazole rings is 1. The van der Waals surface area contributed by atoms with Gasteiger partial charge in [0.2, 0.25) is 11.7 Å². The Bertz CT molecular complexity index is 1500. The van der Waals surface area contributed by atoms with Crippen LogP contribution >= 0.6 is 0 Å². The van der Waals surface area contributed by atoms with Crippen molar-refractivity contribution >= 4 is 34.9 Å². The lowest BCUT2D eigenvalue weighted by Gasteiger charge is -2.29. The number of rotatable bonds is 7. The van der Waals surface area contributed by atoms with E-state index >= 15 is 0 Å². The van der Waals surface area contributed by atoms with Gasteiger partial charge in [0.15, 0.2) is 5.69 Å². The topological polar surface area (TPSA) is 90.7 Å². The number of alkyl halides is 3. The lowest BCUT2D eigenvalue weighted by atomic mass is 10.0. The smallest absolute Gasteiger partial charge is 0.417 e. The van der Waals surface area contributed by atoms with Crippen LogP contribution in [0.15, 0.2) is 46.9 Å². The molecule has 2 fully saturated rings. The number of nitrogens with zero attached hydrogens (tertiary/aromatic N) is 3. The molecule has 2 aliphatic heterocycles. The highest BCUT2D eigenvalue weighted by molar-refractivity contribution is 6.03. The Morgan fingerprint density at radius 2 is 1.93 bits per heavy atom. The maximum Gasteiger partial charge on any atom is 0.437 e. The summed E-state index contributed by atoms with van der Waals surface area (Å²) in [5.41, 5.74) is 2.93. The van der Waals surface area contributed by atoms with E-state index in [0.29, 0.717) is 24.7 Å². The summed E-state index contributed by atoms with van der Waals surface area (Å²) < 4.78 is 46.8. The van der Waals surface area contributed by atoms with Gasteiger partial charge in [-0.05, 0) is 79.8 Å².